The van der Waals surface area contributed by atoms with Crippen LogP contribution in [0.2, 0.25) is 0 Å². The molecule has 0 radical (unpaired) electrons. The van der Waals surface area contributed by atoms with Crippen LogP contribution in [-0.4, -0.2) is 54.1 Å². The molecule has 0 amide bonds. The van der Waals surface area contributed by atoms with Gasteiger partial charge in [0.25, 0.3) is 0 Å². The van der Waals surface area contributed by atoms with Gasteiger partial charge in [0.2, 0.25) is 0 Å². The Balaban J connectivity index is 1.55. The Bertz CT molecular complexity index is 685. The number of hydrogen-bond donors (Lipinski definition) is 1. The maximum Gasteiger partial charge on any atom is 0.148 e. The lowest BCUT2D eigenvalue weighted by Gasteiger charge is -2.42. The summed E-state index contributed by atoms with van der Waals surface area (Å²) in [4.78, 5) is 17.8. The van der Waals surface area contributed by atoms with Gasteiger partial charge in [0.15, 0.2) is 0 Å². The minimum absolute atomic E-state index is 0.305. The first kappa shape index (κ1) is 19.5. The molecule has 1 aromatic heterocycles. The molecule has 0 saturated carbocycles. The number of pyridine rings is 1. The Morgan fingerprint density at radius 3 is 2.67 bits per heavy atom. The van der Waals surface area contributed by atoms with Crippen molar-refractivity contribution in [3.05, 3.63) is 60.4 Å². The van der Waals surface area contributed by atoms with Gasteiger partial charge in [-0.2, -0.15) is 0 Å². The van der Waals surface area contributed by atoms with E-state index in [1.165, 1.54) is 5.56 Å². The molecule has 1 aliphatic heterocycles. The second-order valence-corrected chi connectivity index (χ2v) is 7.31. The first-order valence-corrected chi connectivity index (χ1v) is 9.72. The molecule has 0 bridgehead atoms. The van der Waals surface area contributed by atoms with Gasteiger partial charge in [-0.25, -0.2) is 0 Å². The van der Waals surface area contributed by atoms with E-state index in [0.29, 0.717) is 6.54 Å². The predicted molar refractivity (Wildman–Crippen MR) is 108 cm³/mol. The third-order valence-electron chi connectivity index (χ3n) is 5.22. The SMILES string of the molecule is CC(C=O)OC1(CNc2ccccc2)CCN(CCc2cccnc2)CC1. The molecule has 3 rings (SSSR count). The van der Waals surface area contributed by atoms with Crippen LogP contribution in [0.4, 0.5) is 5.69 Å². The Hall–Kier alpha value is -2.24. The van der Waals surface area contributed by atoms with E-state index in [1.54, 1.807) is 0 Å². The lowest BCUT2D eigenvalue weighted by atomic mass is 9.90. The minimum Gasteiger partial charge on any atom is -0.382 e. The van der Waals surface area contributed by atoms with Crippen LogP contribution in [-0.2, 0) is 16.0 Å². The summed E-state index contributed by atoms with van der Waals surface area (Å²) >= 11 is 0. The van der Waals surface area contributed by atoms with Gasteiger partial charge in [0.05, 0.1) is 5.60 Å². The second-order valence-electron chi connectivity index (χ2n) is 7.31. The van der Waals surface area contributed by atoms with E-state index >= 15 is 0 Å². The van der Waals surface area contributed by atoms with Crippen molar-refractivity contribution >= 4 is 12.0 Å². The third-order valence-corrected chi connectivity index (χ3v) is 5.22. The molecule has 5 nitrogen and oxygen atoms in total. The Kier molecular flexibility index (Phi) is 6.96. The fourth-order valence-electron chi connectivity index (χ4n) is 3.59. The van der Waals surface area contributed by atoms with Gasteiger partial charge in [-0.15, -0.1) is 0 Å². The number of aldehydes is 1. The number of nitrogens with zero attached hydrogens (tertiary/aromatic N) is 2. The molecule has 1 atom stereocenters. The molecule has 1 unspecified atom stereocenters. The lowest BCUT2D eigenvalue weighted by Crippen LogP contribution is -2.51. The van der Waals surface area contributed by atoms with Crippen LogP contribution < -0.4 is 5.32 Å². The van der Waals surface area contributed by atoms with E-state index in [4.69, 9.17) is 4.74 Å². The first-order chi connectivity index (χ1) is 13.2. The van der Waals surface area contributed by atoms with Crippen molar-refractivity contribution in [1.29, 1.82) is 0 Å². The van der Waals surface area contributed by atoms with Crippen LogP contribution in [0.5, 0.6) is 0 Å². The van der Waals surface area contributed by atoms with Crippen LogP contribution in [0.3, 0.4) is 0 Å². The van der Waals surface area contributed by atoms with E-state index in [1.807, 2.05) is 43.6 Å². The van der Waals surface area contributed by atoms with Crippen LogP contribution in [0, 0.1) is 0 Å². The maximum absolute atomic E-state index is 11.2. The number of nitrogens with one attached hydrogen (secondary N) is 1. The van der Waals surface area contributed by atoms with Gasteiger partial charge in [-0.05, 0) is 49.9 Å². The van der Waals surface area contributed by atoms with E-state index in [-0.39, 0.29) is 11.7 Å². The second kappa shape index (κ2) is 9.62. The van der Waals surface area contributed by atoms with E-state index in [9.17, 15) is 4.79 Å². The van der Waals surface area contributed by atoms with E-state index < -0.39 is 0 Å². The predicted octanol–water partition coefficient (Wildman–Crippen LogP) is 3.17. The zero-order chi connectivity index (χ0) is 19.0. The van der Waals surface area contributed by atoms with Crippen LogP contribution in [0.1, 0.15) is 25.3 Å². The summed E-state index contributed by atoms with van der Waals surface area (Å²) in [6.45, 7) is 5.51. The summed E-state index contributed by atoms with van der Waals surface area (Å²) in [7, 11) is 0. The number of hydrogen-bond acceptors (Lipinski definition) is 5. The number of carbonyl (C=O) groups excluding carboxylic acids is 1. The average molecular weight is 367 g/mol. The van der Waals surface area contributed by atoms with Crippen molar-refractivity contribution in [2.24, 2.45) is 0 Å². The lowest BCUT2D eigenvalue weighted by molar-refractivity contribution is -0.137. The number of ether oxygens (including phenoxy) is 1. The normalized spacial score (nSPS) is 18.0. The fraction of sp³-hybridized carbons (Fsp3) is 0.455. The van der Waals surface area contributed by atoms with E-state index in [2.05, 4.69) is 33.4 Å². The number of benzene rings is 1. The number of likely N-dealkylation sites (tertiary alicyclic amines) is 1. The van der Waals surface area contributed by atoms with Crippen molar-refractivity contribution in [3.8, 4) is 0 Å². The maximum atomic E-state index is 11.2. The largest absolute Gasteiger partial charge is 0.382 e. The van der Waals surface area contributed by atoms with Crippen molar-refractivity contribution in [2.75, 3.05) is 31.5 Å². The highest BCUT2D eigenvalue weighted by molar-refractivity contribution is 5.55. The summed E-state index contributed by atoms with van der Waals surface area (Å²) in [5.74, 6) is 0. The summed E-state index contributed by atoms with van der Waals surface area (Å²) in [5.41, 5.74) is 2.05. The summed E-state index contributed by atoms with van der Waals surface area (Å²) < 4.78 is 6.19. The standard InChI is InChI=1S/C22H29N3O2/c1-19(17-26)27-22(18-24-21-7-3-2-4-8-21)10-14-25(15-11-22)13-9-20-6-5-12-23-16-20/h2-8,12,16-17,19,24H,9-11,13-15,18H2,1H3. The number of para-hydroxylation sites is 1. The highest BCUT2D eigenvalue weighted by Gasteiger charge is 2.36. The molecule has 0 aliphatic carbocycles. The Morgan fingerprint density at radius 1 is 1.22 bits per heavy atom. The molecular formula is C22H29N3O2. The molecule has 1 fully saturated rings. The molecular weight excluding hydrogens is 338 g/mol. The van der Waals surface area contributed by atoms with Crippen molar-refractivity contribution in [2.45, 2.75) is 37.9 Å². The quantitative estimate of drug-likeness (QED) is 0.690. The number of piperidine rings is 1. The zero-order valence-corrected chi connectivity index (χ0v) is 16.0. The highest BCUT2D eigenvalue weighted by Crippen LogP contribution is 2.28. The number of anilines is 1. The molecule has 0 spiro atoms. The number of aromatic nitrogens is 1. The highest BCUT2D eigenvalue weighted by atomic mass is 16.5. The molecule has 144 valence electrons. The molecule has 1 aromatic carbocycles. The number of carbonyl (C=O) groups is 1. The van der Waals surface area contributed by atoms with Gasteiger partial charge < -0.3 is 19.7 Å². The molecule has 1 aliphatic rings. The van der Waals surface area contributed by atoms with Crippen molar-refractivity contribution < 1.29 is 9.53 Å². The fourth-order valence-corrected chi connectivity index (χ4v) is 3.59. The van der Waals surface area contributed by atoms with Gasteiger partial charge in [0.1, 0.15) is 12.4 Å². The third kappa shape index (κ3) is 5.88. The van der Waals surface area contributed by atoms with Crippen LogP contribution in [0.25, 0.3) is 0 Å². The van der Waals surface area contributed by atoms with Gasteiger partial charge >= 0.3 is 0 Å². The molecule has 27 heavy (non-hydrogen) atoms. The Labute approximate surface area is 161 Å². The van der Waals surface area contributed by atoms with E-state index in [0.717, 1.165) is 50.9 Å². The summed E-state index contributed by atoms with van der Waals surface area (Å²) in [5, 5.41) is 3.49. The van der Waals surface area contributed by atoms with Crippen molar-refractivity contribution in [1.82, 2.24) is 9.88 Å². The zero-order valence-electron chi connectivity index (χ0n) is 16.0. The van der Waals surface area contributed by atoms with Crippen molar-refractivity contribution in [3.63, 3.8) is 0 Å². The Morgan fingerprint density at radius 2 is 2.00 bits per heavy atom. The molecule has 1 saturated heterocycles. The monoisotopic (exact) mass is 367 g/mol. The summed E-state index contributed by atoms with van der Waals surface area (Å²) in [6.07, 6.45) is 7.09. The molecule has 5 heteroatoms. The first-order valence-electron chi connectivity index (χ1n) is 9.72. The minimum atomic E-state index is -0.385. The smallest absolute Gasteiger partial charge is 0.148 e. The molecule has 2 heterocycles. The topological polar surface area (TPSA) is 54.5 Å². The number of rotatable bonds is 9. The summed E-state index contributed by atoms with van der Waals surface area (Å²) in [6, 6.07) is 14.3. The van der Waals surface area contributed by atoms with Gasteiger partial charge in [0, 0.05) is 44.3 Å². The molecule has 2 aromatic rings. The van der Waals surface area contributed by atoms with Gasteiger partial charge in [-0.1, -0.05) is 24.3 Å². The van der Waals surface area contributed by atoms with Crippen LogP contribution in [0.15, 0.2) is 54.9 Å². The average Bonchev–Trinajstić information content (AvgIpc) is 2.73. The van der Waals surface area contributed by atoms with Gasteiger partial charge in [-0.3, -0.25) is 4.98 Å². The van der Waals surface area contributed by atoms with Crippen LogP contribution >= 0.6 is 0 Å². The molecule has 1 N–H and O–H groups in total.